The predicted octanol–water partition coefficient (Wildman–Crippen LogP) is 4.46. The third-order valence-electron chi connectivity index (χ3n) is 7.96. The maximum atomic E-state index is 12.7. The molecule has 2 heterocycles. The lowest BCUT2D eigenvalue weighted by atomic mass is 10.1. The van der Waals surface area contributed by atoms with Crippen molar-refractivity contribution in [1.82, 2.24) is 20.0 Å². The van der Waals surface area contributed by atoms with Crippen molar-refractivity contribution in [2.45, 2.75) is 84.7 Å². The number of hydrogen-bond acceptors (Lipinski definition) is 8. The van der Waals surface area contributed by atoms with E-state index in [1.165, 1.54) is 18.4 Å². The second kappa shape index (κ2) is 17.9. The van der Waals surface area contributed by atoms with E-state index in [1.807, 2.05) is 4.90 Å². The summed E-state index contributed by atoms with van der Waals surface area (Å²) in [6.45, 7) is 12.4. The summed E-state index contributed by atoms with van der Waals surface area (Å²) in [5.74, 6) is 1.75. The van der Waals surface area contributed by atoms with Gasteiger partial charge in [0.15, 0.2) is 0 Å². The molecular weight excluding hydrogens is 516 g/mol. The van der Waals surface area contributed by atoms with Gasteiger partial charge in [-0.1, -0.05) is 45.2 Å². The molecule has 1 aromatic carbocycles. The lowest BCUT2D eigenvalue weighted by Gasteiger charge is -2.35. The molecule has 0 unspecified atom stereocenters. The highest BCUT2D eigenvalue weighted by atomic mass is 16.5. The molecule has 0 bridgehead atoms. The SMILES string of the molecule is CCCCCN/C(N)=C1/C(=N)CCN1Cc1ccc(CN2CCN(C(=O)CCCCCOCCC)CC2)cc1OC. The normalized spacial score (nSPS) is 17.3. The average Bonchev–Trinajstić information content (AvgIpc) is 3.35. The standard InChI is InChI=1S/C32H54N6O3/c1-4-6-9-15-35-32(34)31-28(33)14-16-38(31)25-27-13-12-26(23-29(27)40-3)24-36-17-19-37(20-18-36)30(39)11-8-7-10-22-41-21-5-2/h12-13,23,33,35H,4-11,14-22,24-25,34H2,1-3H3/b32-31-,33-28?. The minimum atomic E-state index is 0.283. The maximum Gasteiger partial charge on any atom is 0.222 e. The highest BCUT2D eigenvalue weighted by Gasteiger charge is 2.26. The van der Waals surface area contributed by atoms with Gasteiger partial charge >= 0.3 is 0 Å². The van der Waals surface area contributed by atoms with Crippen LogP contribution in [0.3, 0.4) is 0 Å². The van der Waals surface area contributed by atoms with Crippen molar-refractivity contribution >= 4 is 11.6 Å². The van der Waals surface area contributed by atoms with Crippen molar-refractivity contribution in [3.8, 4) is 5.75 Å². The van der Waals surface area contributed by atoms with Crippen molar-refractivity contribution in [1.29, 1.82) is 5.41 Å². The van der Waals surface area contributed by atoms with Gasteiger partial charge in [0.2, 0.25) is 5.91 Å². The molecule has 4 N–H and O–H groups in total. The van der Waals surface area contributed by atoms with Crippen LogP contribution in [0.1, 0.15) is 82.8 Å². The summed E-state index contributed by atoms with van der Waals surface area (Å²) in [5, 5.41) is 11.8. The number of amides is 1. The quantitative estimate of drug-likeness (QED) is 0.224. The van der Waals surface area contributed by atoms with Gasteiger partial charge in [-0.25, -0.2) is 0 Å². The number of unbranched alkanes of at least 4 members (excludes halogenated alkanes) is 4. The predicted molar refractivity (Wildman–Crippen MR) is 166 cm³/mol. The monoisotopic (exact) mass is 570 g/mol. The van der Waals surface area contributed by atoms with E-state index in [2.05, 4.69) is 47.2 Å². The van der Waals surface area contributed by atoms with Gasteiger partial charge in [0.1, 0.15) is 11.6 Å². The topological polar surface area (TPSA) is 107 Å². The van der Waals surface area contributed by atoms with Crippen molar-refractivity contribution in [3.05, 3.63) is 40.8 Å². The molecule has 41 heavy (non-hydrogen) atoms. The van der Waals surface area contributed by atoms with Gasteiger partial charge in [0.05, 0.1) is 18.5 Å². The summed E-state index contributed by atoms with van der Waals surface area (Å²) < 4.78 is 11.3. The van der Waals surface area contributed by atoms with Gasteiger partial charge in [-0.05, 0) is 37.3 Å². The Morgan fingerprint density at radius 1 is 0.976 bits per heavy atom. The first-order chi connectivity index (χ1) is 20.0. The van der Waals surface area contributed by atoms with Crippen LogP contribution in [-0.2, 0) is 22.6 Å². The van der Waals surface area contributed by atoms with Gasteiger partial charge < -0.3 is 35.7 Å². The fourth-order valence-corrected chi connectivity index (χ4v) is 5.54. The number of benzene rings is 1. The Bertz CT molecular complexity index is 990. The van der Waals surface area contributed by atoms with Gasteiger partial charge in [-0.15, -0.1) is 0 Å². The number of piperazine rings is 1. The number of nitrogens with two attached hydrogens (primary N) is 1. The van der Waals surface area contributed by atoms with E-state index in [4.69, 9.17) is 20.6 Å². The first kappa shape index (κ1) is 32.7. The number of carbonyl (C=O) groups excluding carboxylic acids is 1. The summed E-state index contributed by atoms with van der Waals surface area (Å²) in [4.78, 5) is 19.3. The molecule has 0 saturated carbocycles. The molecule has 2 fully saturated rings. The van der Waals surface area contributed by atoms with E-state index >= 15 is 0 Å². The minimum Gasteiger partial charge on any atom is -0.496 e. The number of nitrogens with zero attached hydrogens (tertiary/aromatic N) is 3. The highest BCUT2D eigenvalue weighted by Crippen LogP contribution is 2.28. The Morgan fingerprint density at radius 2 is 1.78 bits per heavy atom. The summed E-state index contributed by atoms with van der Waals surface area (Å²) >= 11 is 0. The largest absolute Gasteiger partial charge is 0.496 e. The van der Waals surface area contributed by atoms with Crippen LogP contribution in [-0.4, -0.2) is 85.9 Å². The van der Waals surface area contributed by atoms with Crippen LogP contribution in [0.15, 0.2) is 29.7 Å². The Balaban J connectivity index is 1.47. The summed E-state index contributed by atoms with van der Waals surface area (Å²) in [5.41, 5.74) is 10.1. The lowest BCUT2D eigenvalue weighted by Crippen LogP contribution is -2.48. The number of rotatable bonds is 18. The van der Waals surface area contributed by atoms with Gasteiger partial charge in [0.25, 0.3) is 0 Å². The van der Waals surface area contributed by atoms with Gasteiger partial charge in [-0.3, -0.25) is 9.69 Å². The number of hydrogen-bond donors (Lipinski definition) is 3. The van der Waals surface area contributed by atoms with Crippen LogP contribution in [0.4, 0.5) is 0 Å². The molecule has 2 aliphatic rings. The second-order valence-corrected chi connectivity index (χ2v) is 11.3. The Morgan fingerprint density at radius 3 is 2.51 bits per heavy atom. The molecule has 230 valence electrons. The van der Waals surface area contributed by atoms with Crippen molar-refractivity contribution in [3.63, 3.8) is 0 Å². The fraction of sp³-hybridized carbons (Fsp3) is 0.688. The van der Waals surface area contributed by atoms with E-state index in [0.29, 0.717) is 30.9 Å². The molecule has 2 saturated heterocycles. The third kappa shape index (κ3) is 10.5. The average molecular weight is 571 g/mol. The van der Waals surface area contributed by atoms with Crippen LogP contribution < -0.4 is 15.8 Å². The Hall–Kier alpha value is -2.78. The first-order valence-corrected chi connectivity index (χ1v) is 15.8. The highest BCUT2D eigenvalue weighted by molar-refractivity contribution is 5.99. The maximum absolute atomic E-state index is 12.7. The molecule has 3 rings (SSSR count). The van der Waals surface area contributed by atoms with Gasteiger partial charge in [0, 0.05) is 84.0 Å². The smallest absolute Gasteiger partial charge is 0.222 e. The lowest BCUT2D eigenvalue weighted by molar-refractivity contribution is -0.133. The first-order valence-electron chi connectivity index (χ1n) is 15.8. The molecule has 1 aromatic rings. The number of likely N-dealkylation sites (tertiary alicyclic amines) is 1. The van der Waals surface area contributed by atoms with E-state index in [1.54, 1.807) is 7.11 Å². The van der Waals surface area contributed by atoms with Crippen LogP contribution >= 0.6 is 0 Å². The molecule has 9 nitrogen and oxygen atoms in total. The van der Waals surface area contributed by atoms with Gasteiger partial charge in [-0.2, -0.15) is 0 Å². The fourth-order valence-electron chi connectivity index (χ4n) is 5.54. The van der Waals surface area contributed by atoms with Crippen LogP contribution in [0.2, 0.25) is 0 Å². The molecular formula is C32H54N6O3. The Labute approximate surface area is 247 Å². The number of carbonyl (C=O) groups is 1. The second-order valence-electron chi connectivity index (χ2n) is 11.3. The Kier molecular flexibility index (Phi) is 14.3. The van der Waals surface area contributed by atoms with Crippen molar-refractivity contribution < 1.29 is 14.3 Å². The van der Waals surface area contributed by atoms with E-state index in [-0.39, 0.29) is 5.91 Å². The molecule has 0 atom stereocenters. The zero-order valence-corrected chi connectivity index (χ0v) is 25.8. The number of nitrogens with one attached hydrogen (secondary N) is 2. The zero-order valence-electron chi connectivity index (χ0n) is 25.8. The number of allylic oxidation sites excluding steroid dienone is 1. The van der Waals surface area contributed by atoms with E-state index in [9.17, 15) is 4.79 Å². The van der Waals surface area contributed by atoms with Crippen molar-refractivity contribution in [2.75, 3.05) is 59.6 Å². The van der Waals surface area contributed by atoms with Crippen LogP contribution in [0, 0.1) is 5.41 Å². The molecule has 9 heteroatoms. The third-order valence-corrected chi connectivity index (χ3v) is 7.96. The van der Waals surface area contributed by atoms with E-state index < -0.39 is 0 Å². The summed E-state index contributed by atoms with van der Waals surface area (Å²) in [6.07, 6.45) is 8.84. The number of ether oxygens (including phenoxy) is 2. The molecule has 1 amide bonds. The summed E-state index contributed by atoms with van der Waals surface area (Å²) in [7, 11) is 1.72. The molecule has 0 radical (unpaired) electrons. The molecule has 0 spiro atoms. The number of methoxy groups -OCH3 is 1. The van der Waals surface area contributed by atoms with Crippen LogP contribution in [0.5, 0.6) is 5.75 Å². The molecule has 0 aliphatic carbocycles. The van der Waals surface area contributed by atoms with E-state index in [0.717, 1.165) is 108 Å². The molecule has 0 aromatic heterocycles. The summed E-state index contributed by atoms with van der Waals surface area (Å²) in [6, 6.07) is 6.45. The zero-order chi connectivity index (χ0) is 29.5. The molecule has 2 aliphatic heterocycles. The minimum absolute atomic E-state index is 0.283. The van der Waals surface area contributed by atoms with Crippen molar-refractivity contribution in [2.24, 2.45) is 5.73 Å². The van der Waals surface area contributed by atoms with Crippen LogP contribution in [0.25, 0.3) is 0 Å².